The summed E-state index contributed by atoms with van der Waals surface area (Å²) in [5.41, 5.74) is 1.45. The first-order valence-corrected chi connectivity index (χ1v) is 8.69. The zero-order chi connectivity index (χ0) is 20.1. The van der Waals surface area contributed by atoms with E-state index in [1.165, 1.54) is 4.68 Å². The normalized spacial score (nSPS) is 10.9. The maximum absolute atomic E-state index is 5.49. The molecule has 1 aromatic heterocycles. The average molecular weight is 400 g/mol. The second-order valence-corrected chi connectivity index (χ2v) is 5.92. The molecular weight excluding hydrogens is 380 g/mol. The highest BCUT2D eigenvalue weighted by atomic mass is 32.1. The van der Waals surface area contributed by atoms with Crippen LogP contribution in [0.5, 0.6) is 23.0 Å². The van der Waals surface area contributed by atoms with Gasteiger partial charge in [0.15, 0.2) is 17.3 Å². The standard InChI is InChI=1S/C19H20N4O4S/c1-24-14-8-6-5-7-13(14)18-21-22-19(28)23(18)20-11-12-9-10-15(25-2)17(27-4)16(12)26-3/h5-11H,1-4H3,(H,22,28)/b20-11-. The molecule has 0 aliphatic rings. The maximum Gasteiger partial charge on any atom is 0.216 e. The summed E-state index contributed by atoms with van der Waals surface area (Å²) in [7, 11) is 6.27. The predicted octanol–water partition coefficient (Wildman–Crippen LogP) is 3.52. The lowest BCUT2D eigenvalue weighted by molar-refractivity contribution is 0.324. The summed E-state index contributed by atoms with van der Waals surface area (Å²) < 4.78 is 23.5. The van der Waals surface area contributed by atoms with E-state index in [4.69, 9.17) is 31.2 Å². The smallest absolute Gasteiger partial charge is 0.216 e. The molecule has 0 saturated heterocycles. The number of nitrogens with zero attached hydrogens (tertiary/aromatic N) is 3. The molecule has 1 heterocycles. The van der Waals surface area contributed by atoms with Crippen LogP contribution in [-0.2, 0) is 0 Å². The molecule has 0 radical (unpaired) electrons. The predicted molar refractivity (Wildman–Crippen MR) is 108 cm³/mol. The van der Waals surface area contributed by atoms with E-state index in [1.54, 1.807) is 40.7 Å². The Hall–Kier alpha value is -3.33. The molecule has 146 valence electrons. The molecule has 28 heavy (non-hydrogen) atoms. The second kappa shape index (κ2) is 8.57. The van der Waals surface area contributed by atoms with Crippen molar-refractivity contribution >= 4 is 18.4 Å². The Balaban J connectivity index is 2.08. The number of benzene rings is 2. The monoisotopic (exact) mass is 400 g/mol. The van der Waals surface area contributed by atoms with Crippen LogP contribution in [0.1, 0.15) is 5.56 Å². The summed E-state index contributed by atoms with van der Waals surface area (Å²) >= 11 is 5.33. The molecule has 0 fully saturated rings. The Kier molecular flexibility index (Phi) is 5.95. The van der Waals surface area contributed by atoms with Gasteiger partial charge in [-0.05, 0) is 36.5 Å². The van der Waals surface area contributed by atoms with Crippen LogP contribution in [0.3, 0.4) is 0 Å². The van der Waals surface area contributed by atoms with Gasteiger partial charge in [-0.2, -0.15) is 14.9 Å². The molecular formula is C19H20N4O4S. The van der Waals surface area contributed by atoms with Crippen LogP contribution in [0.2, 0.25) is 0 Å². The third-order valence-electron chi connectivity index (χ3n) is 4.05. The summed E-state index contributed by atoms with van der Waals surface area (Å²) in [6.45, 7) is 0. The minimum absolute atomic E-state index is 0.344. The largest absolute Gasteiger partial charge is 0.496 e. The number of aromatic nitrogens is 3. The molecule has 9 heteroatoms. The van der Waals surface area contributed by atoms with Crippen LogP contribution >= 0.6 is 12.2 Å². The van der Waals surface area contributed by atoms with E-state index < -0.39 is 0 Å². The van der Waals surface area contributed by atoms with Gasteiger partial charge < -0.3 is 18.9 Å². The van der Waals surface area contributed by atoms with Gasteiger partial charge >= 0.3 is 0 Å². The molecule has 0 aliphatic carbocycles. The SMILES string of the molecule is COc1ccccc1-c1n[nH]c(=S)n1/N=C\c1ccc(OC)c(OC)c1OC. The van der Waals surface area contributed by atoms with Gasteiger partial charge in [0.05, 0.1) is 40.2 Å². The molecule has 8 nitrogen and oxygen atoms in total. The van der Waals surface area contributed by atoms with E-state index in [-0.39, 0.29) is 0 Å². The lowest BCUT2D eigenvalue weighted by Crippen LogP contribution is -2.00. The van der Waals surface area contributed by atoms with Crippen LogP contribution in [-0.4, -0.2) is 49.5 Å². The Bertz CT molecular complexity index is 1060. The van der Waals surface area contributed by atoms with Gasteiger partial charge in [0, 0.05) is 5.56 Å². The molecule has 0 aliphatic heterocycles. The molecule has 0 saturated carbocycles. The third-order valence-corrected chi connectivity index (χ3v) is 4.31. The summed E-state index contributed by atoms with van der Waals surface area (Å²) in [4.78, 5) is 0. The van der Waals surface area contributed by atoms with E-state index in [9.17, 15) is 0 Å². The van der Waals surface area contributed by atoms with Crippen LogP contribution in [0.25, 0.3) is 11.4 Å². The first-order chi connectivity index (χ1) is 13.6. The van der Waals surface area contributed by atoms with Crippen molar-refractivity contribution in [3.05, 3.63) is 46.7 Å². The molecule has 1 N–H and O–H groups in total. The molecule has 3 aromatic rings. The third kappa shape index (κ3) is 3.56. The zero-order valence-electron chi connectivity index (χ0n) is 15.9. The van der Waals surface area contributed by atoms with Crippen LogP contribution in [0.15, 0.2) is 41.5 Å². The van der Waals surface area contributed by atoms with Crippen molar-refractivity contribution in [3.63, 3.8) is 0 Å². The van der Waals surface area contributed by atoms with Crippen molar-refractivity contribution in [1.82, 2.24) is 14.9 Å². The highest BCUT2D eigenvalue weighted by Crippen LogP contribution is 2.39. The van der Waals surface area contributed by atoms with E-state index in [1.807, 2.05) is 30.3 Å². The van der Waals surface area contributed by atoms with Gasteiger partial charge in [-0.1, -0.05) is 12.1 Å². The number of ether oxygens (including phenoxy) is 4. The molecule has 0 spiro atoms. The Morgan fingerprint density at radius 1 is 0.929 bits per heavy atom. The number of nitrogens with one attached hydrogen (secondary N) is 1. The average Bonchev–Trinajstić information content (AvgIpc) is 3.11. The lowest BCUT2D eigenvalue weighted by Gasteiger charge is -2.13. The zero-order valence-corrected chi connectivity index (χ0v) is 16.7. The quantitative estimate of drug-likeness (QED) is 0.483. The van der Waals surface area contributed by atoms with Crippen molar-refractivity contribution in [3.8, 4) is 34.4 Å². The fourth-order valence-corrected chi connectivity index (χ4v) is 2.93. The number of aromatic amines is 1. The Morgan fingerprint density at radius 3 is 2.32 bits per heavy atom. The Labute approximate surface area is 167 Å². The number of hydrogen-bond acceptors (Lipinski definition) is 7. The van der Waals surface area contributed by atoms with Gasteiger partial charge in [0.1, 0.15) is 5.75 Å². The van der Waals surface area contributed by atoms with Crippen molar-refractivity contribution in [2.24, 2.45) is 5.10 Å². The number of methoxy groups -OCH3 is 4. The van der Waals surface area contributed by atoms with Gasteiger partial charge in [-0.3, -0.25) is 0 Å². The number of hydrogen-bond donors (Lipinski definition) is 1. The van der Waals surface area contributed by atoms with Crippen molar-refractivity contribution in [1.29, 1.82) is 0 Å². The number of rotatable bonds is 7. The van der Waals surface area contributed by atoms with Crippen molar-refractivity contribution in [2.45, 2.75) is 0 Å². The molecule has 0 amide bonds. The molecule has 0 atom stereocenters. The van der Waals surface area contributed by atoms with Crippen molar-refractivity contribution in [2.75, 3.05) is 28.4 Å². The van der Waals surface area contributed by atoms with E-state index in [2.05, 4.69) is 15.3 Å². The van der Waals surface area contributed by atoms with E-state index in [0.717, 1.165) is 5.56 Å². The summed E-state index contributed by atoms with van der Waals surface area (Å²) in [5, 5.41) is 11.5. The van der Waals surface area contributed by atoms with Gasteiger partial charge in [0.2, 0.25) is 10.5 Å². The molecule has 3 rings (SSSR count). The van der Waals surface area contributed by atoms with Gasteiger partial charge in [-0.15, -0.1) is 0 Å². The highest BCUT2D eigenvalue weighted by molar-refractivity contribution is 7.71. The first kappa shape index (κ1) is 19.4. The molecule has 0 unspecified atom stereocenters. The van der Waals surface area contributed by atoms with E-state index >= 15 is 0 Å². The minimum Gasteiger partial charge on any atom is -0.496 e. The van der Waals surface area contributed by atoms with Crippen LogP contribution in [0, 0.1) is 4.77 Å². The summed E-state index contributed by atoms with van der Waals surface area (Å²) in [6.07, 6.45) is 1.62. The van der Waals surface area contributed by atoms with Gasteiger partial charge in [-0.25, -0.2) is 5.10 Å². The fourth-order valence-electron chi connectivity index (χ4n) is 2.75. The number of para-hydroxylation sites is 1. The molecule has 2 aromatic carbocycles. The maximum atomic E-state index is 5.49. The topological polar surface area (TPSA) is 82.9 Å². The van der Waals surface area contributed by atoms with E-state index in [0.29, 0.717) is 39.2 Å². The summed E-state index contributed by atoms with van der Waals surface area (Å²) in [6, 6.07) is 11.1. The van der Waals surface area contributed by atoms with Gasteiger partial charge in [0.25, 0.3) is 0 Å². The fraction of sp³-hybridized carbons (Fsp3) is 0.211. The Morgan fingerprint density at radius 2 is 1.64 bits per heavy atom. The minimum atomic E-state index is 0.344. The van der Waals surface area contributed by atoms with Crippen molar-refractivity contribution < 1.29 is 18.9 Å². The first-order valence-electron chi connectivity index (χ1n) is 8.28. The van der Waals surface area contributed by atoms with Crippen LogP contribution < -0.4 is 18.9 Å². The van der Waals surface area contributed by atoms with Crippen LogP contribution in [0.4, 0.5) is 0 Å². The lowest BCUT2D eigenvalue weighted by atomic mass is 10.2. The molecule has 0 bridgehead atoms. The summed E-state index contributed by atoms with van der Waals surface area (Å²) in [5.74, 6) is 2.73. The number of H-pyrrole nitrogens is 1. The highest BCUT2D eigenvalue weighted by Gasteiger charge is 2.16. The second-order valence-electron chi connectivity index (χ2n) is 5.53.